The number of nitrogens with zero attached hydrogens (tertiary/aromatic N) is 1. The molecule has 2 aromatic rings. The van der Waals surface area contributed by atoms with E-state index in [1.54, 1.807) is 6.07 Å². The zero-order valence-corrected chi connectivity index (χ0v) is 18.9. The summed E-state index contributed by atoms with van der Waals surface area (Å²) in [5, 5.41) is 0. The Morgan fingerprint density at radius 2 is 1.84 bits per heavy atom. The van der Waals surface area contributed by atoms with Crippen LogP contribution >= 0.6 is 11.3 Å². The third-order valence-electron chi connectivity index (χ3n) is 5.90. The standard InChI is InChI=1S/C21H23N3O6S2/c25-20(22-23-21(26)19-11-13-3-1-5-18(13)31-19)15-4-2-8-24(15)32(27,28)14-6-7-16-17(12-14)30-10-9-29-16/h6-7,11-12,15H,1-5,8-10H2,(H,22,25)(H,23,26). The van der Waals surface area contributed by atoms with Gasteiger partial charge in [-0.15, -0.1) is 11.3 Å². The summed E-state index contributed by atoms with van der Waals surface area (Å²) in [5.41, 5.74) is 6.03. The van der Waals surface area contributed by atoms with Crippen molar-refractivity contribution >= 4 is 33.2 Å². The molecule has 3 aliphatic rings. The molecule has 1 aromatic carbocycles. The molecule has 0 spiro atoms. The van der Waals surface area contributed by atoms with E-state index in [0.717, 1.165) is 19.3 Å². The van der Waals surface area contributed by atoms with E-state index in [-0.39, 0.29) is 11.4 Å². The SMILES string of the molecule is O=C(NNC(=O)C1CCCN1S(=O)(=O)c1ccc2c(c1)OCCO2)c1cc2c(s1)CCC2. The maximum absolute atomic E-state index is 13.2. The molecule has 5 rings (SSSR count). The van der Waals surface area contributed by atoms with Gasteiger partial charge >= 0.3 is 0 Å². The number of benzene rings is 1. The van der Waals surface area contributed by atoms with Gasteiger partial charge in [0, 0.05) is 17.5 Å². The number of sulfonamides is 1. The quantitative estimate of drug-likeness (QED) is 0.647. The molecular weight excluding hydrogens is 454 g/mol. The largest absolute Gasteiger partial charge is 0.486 e. The van der Waals surface area contributed by atoms with Crippen molar-refractivity contribution in [1.29, 1.82) is 0 Å². The maximum atomic E-state index is 13.2. The van der Waals surface area contributed by atoms with Crippen molar-refractivity contribution in [2.45, 2.75) is 43.0 Å². The van der Waals surface area contributed by atoms with Crippen molar-refractivity contribution in [3.63, 3.8) is 0 Å². The maximum Gasteiger partial charge on any atom is 0.279 e. The highest BCUT2D eigenvalue weighted by atomic mass is 32.2. The Labute approximate surface area is 189 Å². The predicted molar refractivity (Wildman–Crippen MR) is 116 cm³/mol. The fraction of sp³-hybridized carbons (Fsp3) is 0.429. The molecule has 11 heteroatoms. The average molecular weight is 478 g/mol. The van der Waals surface area contributed by atoms with E-state index in [1.807, 2.05) is 6.07 Å². The molecule has 1 fully saturated rings. The van der Waals surface area contributed by atoms with Crippen molar-refractivity contribution in [3.05, 3.63) is 39.6 Å². The number of hydrogen-bond acceptors (Lipinski definition) is 7. The number of amides is 2. The molecule has 0 radical (unpaired) electrons. The Morgan fingerprint density at radius 1 is 1.03 bits per heavy atom. The number of carbonyl (C=O) groups excluding carboxylic acids is 2. The van der Waals surface area contributed by atoms with E-state index in [4.69, 9.17) is 9.47 Å². The van der Waals surface area contributed by atoms with E-state index in [1.165, 1.54) is 38.2 Å². The van der Waals surface area contributed by atoms with Crippen LogP contribution in [0.1, 0.15) is 39.4 Å². The highest BCUT2D eigenvalue weighted by Crippen LogP contribution is 2.35. The molecular formula is C21H23N3O6S2. The van der Waals surface area contributed by atoms with Crippen LogP contribution in [0.25, 0.3) is 0 Å². The lowest BCUT2D eigenvalue weighted by atomic mass is 10.2. The molecule has 0 saturated carbocycles. The molecule has 3 heterocycles. The van der Waals surface area contributed by atoms with Gasteiger partial charge in [0.25, 0.3) is 11.8 Å². The van der Waals surface area contributed by atoms with Gasteiger partial charge in [-0.05, 0) is 55.9 Å². The number of thiophene rings is 1. The Hall–Kier alpha value is -2.63. The smallest absolute Gasteiger partial charge is 0.279 e. The number of fused-ring (bicyclic) bond motifs is 2. The molecule has 1 saturated heterocycles. The lowest BCUT2D eigenvalue weighted by molar-refractivity contribution is -0.125. The number of aryl methyl sites for hydroxylation is 2. The van der Waals surface area contributed by atoms with Gasteiger partial charge in [0.1, 0.15) is 19.3 Å². The van der Waals surface area contributed by atoms with E-state index in [9.17, 15) is 18.0 Å². The van der Waals surface area contributed by atoms with Crippen LogP contribution < -0.4 is 20.3 Å². The van der Waals surface area contributed by atoms with Gasteiger partial charge in [0.05, 0.1) is 9.77 Å². The van der Waals surface area contributed by atoms with Crippen LogP contribution in [-0.4, -0.2) is 50.3 Å². The van der Waals surface area contributed by atoms with Gasteiger partial charge < -0.3 is 9.47 Å². The molecule has 2 amide bonds. The highest BCUT2D eigenvalue weighted by Gasteiger charge is 2.40. The molecule has 1 aromatic heterocycles. The van der Waals surface area contributed by atoms with Gasteiger partial charge in [-0.2, -0.15) is 4.31 Å². The summed E-state index contributed by atoms with van der Waals surface area (Å²) in [5.74, 6) is -0.0844. The van der Waals surface area contributed by atoms with Gasteiger partial charge in [-0.3, -0.25) is 20.4 Å². The lowest BCUT2D eigenvalue weighted by Crippen LogP contribution is -2.51. The van der Waals surface area contributed by atoms with Gasteiger partial charge in [-0.25, -0.2) is 8.42 Å². The fourth-order valence-electron chi connectivity index (χ4n) is 4.31. The first-order valence-corrected chi connectivity index (χ1v) is 12.8. The van der Waals surface area contributed by atoms with Gasteiger partial charge in [-0.1, -0.05) is 0 Å². The van der Waals surface area contributed by atoms with Gasteiger partial charge in [0.15, 0.2) is 11.5 Å². The minimum Gasteiger partial charge on any atom is -0.486 e. The summed E-state index contributed by atoms with van der Waals surface area (Å²) in [6, 6.07) is 5.40. The number of nitrogens with one attached hydrogen (secondary N) is 2. The minimum absolute atomic E-state index is 0.0404. The number of hydrogen-bond donors (Lipinski definition) is 2. The van der Waals surface area contributed by atoms with Crippen molar-refractivity contribution in [3.8, 4) is 11.5 Å². The number of rotatable bonds is 4. The first-order valence-electron chi connectivity index (χ1n) is 10.6. The summed E-state index contributed by atoms with van der Waals surface area (Å²) in [6.45, 7) is 0.978. The monoisotopic (exact) mass is 477 g/mol. The van der Waals surface area contributed by atoms with Crippen molar-refractivity contribution in [2.24, 2.45) is 0 Å². The molecule has 1 aliphatic carbocycles. The second-order valence-electron chi connectivity index (χ2n) is 7.94. The number of ether oxygens (including phenoxy) is 2. The summed E-state index contributed by atoms with van der Waals surface area (Å²) in [4.78, 5) is 27.0. The second-order valence-corrected chi connectivity index (χ2v) is 11.0. The molecule has 2 aliphatic heterocycles. The Balaban J connectivity index is 1.27. The van der Waals surface area contributed by atoms with Crippen LogP contribution in [0.15, 0.2) is 29.2 Å². The Kier molecular flexibility index (Phi) is 5.56. The molecule has 1 atom stereocenters. The minimum atomic E-state index is -3.93. The normalized spacial score (nSPS) is 20.1. The Morgan fingerprint density at radius 3 is 2.66 bits per heavy atom. The average Bonchev–Trinajstić information content (AvgIpc) is 3.53. The van der Waals surface area contributed by atoms with Crippen LogP contribution in [0, 0.1) is 0 Å². The van der Waals surface area contributed by atoms with Crippen LogP contribution in [0.4, 0.5) is 0 Å². The summed E-state index contributed by atoms with van der Waals surface area (Å²) < 4.78 is 38.6. The molecule has 0 bridgehead atoms. The van der Waals surface area contributed by atoms with E-state index < -0.39 is 27.9 Å². The van der Waals surface area contributed by atoms with Crippen LogP contribution in [0.5, 0.6) is 11.5 Å². The van der Waals surface area contributed by atoms with E-state index >= 15 is 0 Å². The van der Waals surface area contributed by atoms with Crippen molar-refractivity contribution in [2.75, 3.05) is 19.8 Å². The zero-order chi connectivity index (χ0) is 22.3. The molecule has 2 N–H and O–H groups in total. The molecule has 1 unspecified atom stereocenters. The fourth-order valence-corrected chi connectivity index (χ4v) is 7.13. The molecule has 9 nitrogen and oxygen atoms in total. The zero-order valence-electron chi connectivity index (χ0n) is 17.3. The summed E-state index contributed by atoms with van der Waals surface area (Å²) in [6.07, 6.45) is 3.98. The topological polar surface area (TPSA) is 114 Å². The number of carbonyl (C=O) groups is 2. The highest BCUT2D eigenvalue weighted by molar-refractivity contribution is 7.89. The molecule has 32 heavy (non-hydrogen) atoms. The first kappa shape index (κ1) is 21.2. The second kappa shape index (κ2) is 8.38. The van der Waals surface area contributed by atoms with Crippen LogP contribution in [0.2, 0.25) is 0 Å². The predicted octanol–water partition coefficient (Wildman–Crippen LogP) is 1.62. The lowest BCUT2D eigenvalue weighted by Gasteiger charge is -2.24. The Bertz CT molecular complexity index is 1150. The first-order chi connectivity index (χ1) is 15.4. The van der Waals surface area contributed by atoms with E-state index in [0.29, 0.717) is 42.4 Å². The molecule has 170 valence electrons. The van der Waals surface area contributed by atoms with Gasteiger partial charge in [0.2, 0.25) is 10.0 Å². The van der Waals surface area contributed by atoms with Crippen LogP contribution in [0.3, 0.4) is 0 Å². The summed E-state index contributed by atoms with van der Waals surface area (Å²) in [7, 11) is -3.93. The third kappa shape index (κ3) is 3.84. The van der Waals surface area contributed by atoms with E-state index in [2.05, 4.69) is 10.9 Å². The van der Waals surface area contributed by atoms with Crippen molar-refractivity contribution < 1.29 is 27.5 Å². The summed E-state index contributed by atoms with van der Waals surface area (Å²) >= 11 is 1.44. The number of hydrazine groups is 1. The third-order valence-corrected chi connectivity index (χ3v) is 9.04. The van der Waals surface area contributed by atoms with Crippen molar-refractivity contribution in [1.82, 2.24) is 15.2 Å². The van der Waals surface area contributed by atoms with Crippen LogP contribution in [-0.2, 0) is 27.7 Å².